The largest absolute Gasteiger partial charge is 0.483 e. The average Bonchev–Trinajstić information content (AvgIpc) is 3.37. The van der Waals surface area contributed by atoms with Gasteiger partial charge in [-0.05, 0) is 51.0 Å². The normalized spacial score (nSPS) is 17.4. The molecule has 0 aliphatic carbocycles. The Morgan fingerprint density at radius 1 is 1.30 bits per heavy atom. The van der Waals surface area contributed by atoms with Gasteiger partial charge in [0, 0.05) is 61.6 Å². The fraction of sp³-hybridized carbons (Fsp3) is 0.391. The molecule has 10 nitrogen and oxygen atoms in total. The van der Waals surface area contributed by atoms with Crippen LogP contribution in [0.15, 0.2) is 30.6 Å². The molecule has 2 amide bonds. The van der Waals surface area contributed by atoms with Gasteiger partial charge in [0.2, 0.25) is 0 Å². The van der Waals surface area contributed by atoms with Crippen LogP contribution in [0, 0.1) is 13.8 Å². The summed E-state index contributed by atoms with van der Waals surface area (Å²) in [4.78, 5) is 30.2. The minimum atomic E-state index is -0.250. The number of anilines is 3. The lowest BCUT2D eigenvalue weighted by Gasteiger charge is -2.34. The molecule has 10 heteroatoms. The molecule has 0 bridgehead atoms. The quantitative estimate of drug-likeness (QED) is 0.513. The van der Waals surface area contributed by atoms with Gasteiger partial charge >= 0.3 is 6.03 Å². The van der Waals surface area contributed by atoms with E-state index in [0.29, 0.717) is 12.6 Å². The van der Waals surface area contributed by atoms with Gasteiger partial charge in [0.15, 0.2) is 0 Å². The number of carboxylic acid groups (broad SMARTS) is 1. The van der Waals surface area contributed by atoms with Crippen molar-refractivity contribution in [1.82, 2.24) is 19.9 Å². The number of nitrogens with zero attached hydrogens (tertiary/aromatic N) is 5. The van der Waals surface area contributed by atoms with Gasteiger partial charge in [-0.2, -0.15) is 5.10 Å². The Bertz CT molecular complexity index is 1180. The number of hydrogen-bond donors (Lipinski definition) is 3. The molecule has 174 valence electrons. The van der Waals surface area contributed by atoms with E-state index in [1.807, 2.05) is 42.9 Å². The molecule has 1 saturated heterocycles. The highest BCUT2D eigenvalue weighted by Crippen LogP contribution is 2.34. The highest BCUT2D eigenvalue weighted by molar-refractivity contribution is 6.03. The molecule has 3 aromatic rings. The van der Waals surface area contributed by atoms with E-state index < -0.39 is 0 Å². The zero-order valence-corrected chi connectivity index (χ0v) is 19.1. The van der Waals surface area contributed by atoms with E-state index in [2.05, 4.69) is 38.6 Å². The molecule has 2 aliphatic rings. The van der Waals surface area contributed by atoms with Gasteiger partial charge in [0.1, 0.15) is 5.82 Å². The second-order valence-corrected chi connectivity index (χ2v) is 8.40. The van der Waals surface area contributed by atoms with Gasteiger partial charge in [-0.25, -0.2) is 14.3 Å². The third-order valence-corrected chi connectivity index (χ3v) is 5.97. The fourth-order valence-corrected chi connectivity index (χ4v) is 4.50. The molecule has 2 aliphatic heterocycles. The number of aryl methyl sites for hydroxylation is 2. The van der Waals surface area contributed by atoms with Gasteiger partial charge in [0.05, 0.1) is 11.2 Å². The van der Waals surface area contributed by atoms with Crippen LogP contribution in [0.3, 0.4) is 0 Å². The molecule has 0 unspecified atom stereocenters. The first-order valence-electron chi connectivity index (χ1n) is 11.0. The minimum Gasteiger partial charge on any atom is -0.483 e. The van der Waals surface area contributed by atoms with E-state index in [4.69, 9.17) is 9.90 Å². The van der Waals surface area contributed by atoms with Crippen LogP contribution in [-0.2, 0) is 11.2 Å². The number of pyridine rings is 2. The molecular weight excluding hydrogens is 422 g/mol. The van der Waals surface area contributed by atoms with Crippen LogP contribution >= 0.6 is 0 Å². The van der Waals surface area contributed by atoms with Crippen molar-refractivity contribution >= 4 is 35.2 Å². The summed E-state index contributed by atoms with van der Waals surface area (Å²) in [6.07, 6.45) is 4.58. The van der Waals surface area contributed by atoms with Crippen molar-refractivity contribution in [3.8, 4) is 0 Å². The Morgan fingerprint density at radius 2 is 2.09 bits per heavy atom. The first-order chi connectivity index (χ1) is 15.9. The van der Waals surface area contributed by atoms with Crippen molar-refractivity contribution in [2.45, 2.75) is 33.2 Å². The van der Waals surface area contributed by atoms with E-state index in [9.17, 15) is 4.79 Å². The molecule has 5 heterocycles. The maximum Gasteiger partial charge on any atom is 0.327 e. The number of hydrogen-bond acceptors (Lipinski definition) is 6. The number of fused-ring (bicyclic) bond motifs is 2. The lowest BCUT2D eigenvalue weighted by Crippen LogP contribution is -2.49. The van der Waals surface area contributed by atoms with Crippen LogP contribution in [0.4, 0.5) is 22.0 Å². The van der Waals surface area contributed by atoms with Crippen molar-refractivity contribution in [2.75, 3.05) is 41.3 Å². The first kappa shape index (κ1) is 22.5. The Morgan fingerprint density at radius 3 is 2.85 bits per heavy atom. The lowest BCUT2D eigenvalue weighted by atomic mass is 10.1. The van der Waals surface area contributed by atoms with E-state index in [1.54, 1.807) is 4.90 Å². The highest BCUT2D eigenvalue weighted by Gasteiger charge is 2.30. The van der Waals surface area contributed by atoms with Crippen LogP contribution < -0.4 is 20.4 Å². The summed E-state index contributed by atoms with van der Waals surface area (Å²) >= 11 is 0. The van der Waals surface area contributed by atoms with Gasteiger partial charge < -0.3 is 20.6 Å². The van der Waals surface area contributed by atoms with Crippen LogP contribution in [0.5, 0.6) is 0 Å². The van der Waals surface area contributed by atoms with Crippen molar-refractivity contribution in [3.63, 3.8) is 0 Å². The summed E-state index contributed by atoms with van der Waals surface area (Å²) in [6.45, 7) is 9.44. The SMILES string of the molecule is Cc1cc2cc(NC(=O)N3CCc4c(N5CCN[C@H](C)C5)ccnc43)c(C)cn2n1.O=CO. The van der Waals surface area contributed by atoms with Crippen LogP contribution in [0.25, 0.3) is 5.52 Å². The Kier molecular flexibility index (Phi) is 6.45. The smallest absolute Gasteiger partial charge is 0.327 e. The predicted molar refractivity (Wildman–Crippen MR) is 127 cm³/mol. The monoisotopic (exact) mass is 451 g/mol. The third-order valence-electron chi connectivity index (χ3n) is 5.97. The number of carbonyl (C=O) groups excluding carboxylic acids is 1. The van der Waals surface area contributed by atoms with E-state index in [-0.39, 0.29) is 12.5 Å². The molecule has 0 spiro atoms. The molecule has 0 radical (unpaired) electrons. The standard InChI is InChI=1S/C22H27N7O.CH2O2/c1-14-12-29-17(10-15(2)26-29)11-19(14)25-22(30)28-8-5-18-20(4-6-24-21(18)28)27-9-7-23-16(3)13-27;2-1-3/h4,6,10-12,16,23H,5,7-9,13H2,1-3H3,(H,25,30);1H,(H,2,3)/t16-;/m1./s1. The second kappa shape index (κ2) is 9.45. The van der Waals surface area contributed by atoms with Gasteiger partial charge in [-0.1, -0.05) is 0 Å². The summed E-state index contributed by atoms with van der Waals surface area (Å²) in [6, 6.07) is 6.36. The number of piperazine rings is 1. The van der Waals surface area contributed by atoms with Gasteiger partial charge in [-0.15, -0.1) is 0 Å². The molecular formula is C23H29N7O3. The fourth-order valence-electron chi connectivity index (χ4n) is 4.50. The van der Waals surface area contributed by atoms with Crippen molar-refractivity contribution in [2.24, 2.45) is 0 Å². The number of urea groups is 1. The Hall–Kier alpha value is -3.66. The Balaban J connectivity index is 0.000000821. The molecule has 0 saturated carbocycles. The van der Waals surface area contributed by atoms with Crippen LogP contribution in [0.2, 0.25) is 0 Å². The van der Waals surface area contributed by atoms with Crippen molar-refractivity contribution < 1.29 is 14.7 Å². The predicted octanol–water partition coefficient (Wildman–Crippen LogP) is 2.44. The summed E-state index contributed by atoms with van der Waals surface area (Å²) in [5, 5.41) is 17.9. The number of amides is 2. The lowest BCUT2D eigenvalue weighted by molar-refractivity contribution is -0.122. The molecule has 5 rings (SSSR count). The maximum atomic E-state index is 13.1. The van der Waals surface area contributed by atoms with E-state index in [0.717, 1.165) is 54.3 Å². The zero-order chi connectivity index (χ0) is 23.5. The summed E-state index contributed by atoms with van der Waals surface area (Å²) in [5.41, 5.74) is 6.05. The van der Waals surface area contributed by atoms with Gasteiger partial charge in [-0.3, -0.25) is 9.69 Å². The zero-order valence-electron chi connectivity index (χ0n) is 19.1. The molecule has 3 aromatic heterocycles. The average molecular weight is 452 g/mol. The maximum absolute atomic E-state index is 13.1. The Labute approximate surface area is 192 Å². The van der Waals surface area contributed by atoms with E-state index >= 15 is 0 Å². The molecule has 3 N–H and O–H groups in total. The van der Waals surface area contributed by atoms with Crippen molar-refractivity contribution in [3.05, 3.63) is 47.4 Å². The number of carbonyl (C=O) groups is 2. The highest BCUT2D eigenvalue weighted by atomic mass is 16.3. The van der Waals surface area contributed by atoms with Crippen LogP contribution in [0.1, 0.15) is 23.7 Å². The second-order valence-electron chi connectivity index (χ2n) is 8.40. The van der Waals surface area contributed by atoms with Crippen LogP contribution in [-0.4, -0.2) is 64.4 Å². The van der Waals surface area contributed by atoms with Gasteiger partial charge in [0.25, 0.3) is 6.47 Å². The first-order valence-corrected chi connectivity index (χ1v) is 11.0. The molecule has 0 aromatic carbocycles. The molecule has 1 fully saturated rings. The summed E-state index contributed by atoms with van der Waals surface area (Å²) < 4.78 is 1.84. The minimum absolute atomic E-state index is 0.143. The van der Waals surface area contributed by atoms with E-state index in [1.165, 1.54) is 11.3 Å². The molecule has 1 atom stereocenters. The third kappa shape index (κ3) is 4.61. The molecule has 33 heavy (non-hydrogen) atoms. The summed E-state index contributed by atoms with van der Waals surface area (Å²) in [7, 11) is 0. The topological polar surface area (TPSA) is 115 Å². The number of aromatic nitrogens is 3. The van der Waals surface area contributed by atoms with Crippen molar-refractivity contribution in [1.29, 1.82) is 0 Å². The number of rotatable bonds is 2. The number of nitrogens with one attached hydrogen (secondary N) is 2. The summed E-state index contributed by atoms with van der Waals surface area (Å²) in [5.74, 6) is 0.773.